The molecule has 4 heteroatoms. The molecule has 1 saturated heterocycles. The first-order chi connectivity index (χ1) is 8.24. The van der Waals surface area contributed by atoms with Crippen LogP contribution in [0.1, 0.15) is 24.8 Å². The van der Waals surface area contributed by atoms with Gasteiger partial charge in [-0.15, -0.1) is 0 Å². The third kappa shape index (κ3) is 4.21. The summed E-state index contributed by atoms with van der Waals surface area (Å²) in [5.74, 6) is 0.843. The van der Waals surface area contributed by atoms with Crippen molar-refractivity contribution in [2.24, 2.45) is 5.92 Å². The number of ketones is 1. The van der Waals surface area contributed by atoms with Crippen LogP contribution in [0.4, 0.5) is 0 Å². The lowest BCUT2D eigenvalue weighted by molar-refractivity contribution is -0.119. The van der Waals surface area contributed by atoms with E-state index in [0.717, 1.165) is 23.1 Å². The second-order valence-electron chi connectivity index (χ2n) is 4.64. The summed E-state index contributed by atoms with van der Waals surface area (Å²) in [5, 5.41) is 3.34. The van der Waals surface area contributed by atoms with Gasteiger partial charge in [0.25, 0.3) is 0 Å². The van der Waals surface area contributed by atoms with Crippen molar-refractivity contribution in [1.82, 2.24) is 10.3 Å². The van der Waals surface area contributed by atoms with Gasteiger partial charge in [-0.2, -0.15) is 0 Å². The summed E-state index contributed by atoms with van der Waals surface area (Å²) in [6.07, 6.45) is 7.06. The molecular weight excluding hydrogens is 280 g/mol. The molecule has 17 heavy (non-hydrogen) atoms. The molecule has 1 aliphatic heterocycles. The van der Waals surface area contributed by atoms with Crippen LogP contribution in [0.15, 0.2) is 22.9 Å². The fraction of sp³-hybridized carbons (Fsp3) is 0.538. The van der Waals surface area contributed by atoms with E-state index in [2.05, 4.69) is 26.2 Å². The van der Waals surface area contributed by atoms with Gasteiger partial charge >= 0.3 is 0 Å². The number of piperidine rings is 1. The lowest BCUT2D eigenvalue weighted by Crippen LogP contribution is -2.31. The Morgan fingerprint density at radius 2 is 2.41 bits per heavy atom. The number of nitrogens with one attached hydrogen (secondary N) is 1. The maximum atomic E-state index is 11.9. The Hall–Kier alpha value is -0.740. The molecule has 1 atom stereocenters. The van der Waals surface area contributed by atoms with Gasteiger partial charge in [0.15, 0.2) is 0 Å². The van der Waals surface area contributed by atoms with E-state index in [1.54, 1.807) is 12.4 Å². The molecule has 1 unspecified atom stereocenters. The third-order valence-corrected chi connectivity index (χ3v) is 3.51. The van der Waals surface area contributed by atoms with Gasteiger partial charge in [-0.3, -0.25) is 9.78 Å². The number of rotatable bonds is 4. The van der Waals surface area contributed by atoms with Crippen LogP contribution in [0, 0.1) is 5.92 Å². The second kappa shape index (κ2) is 6.26. The van der Waals surface area contributed by atoms with E-state index < -0.39 is 0 Å². The highest BCUT2D eigenvalue weighted by atomic mass is 79.9. The van der Waals surface area contributed by atoms with E-state index in [4.69, 9.17) is 0 Å². The van der Waals surface area contributed by atoms with E-state index in [-0.39, 0.29) is 0 Å². The number of pyridine rings is 1. The number of carbonyl (C=O) groups excluding carboxylic acids is 1. The number of Topliss-reactive ketones (excluding diaryl/α,β-unsaturated/α-hetero) is 1. The summed E-state index contributed by atoms with van der Waals surface area (Å²) in [6.45, 7) is 2.09. The average molecular weight is 297 g/mol. The first-order valence-electron chi connectivity index (χ1n) is 6.06. The largest absolute Gasteiger partial charge is 0.316 e. The second-order valence-corrected chi connectivity index (χ2v) is 5.56. The normalized spacial score (nSPS) is 20.2. The van der Waals surface area contributed by atoms with E-state index in [0.29, 0.717) is 24.5 Å². The van der Waals surface area contributed by atoms with Crippen molar-refractivity contribution in [3.8, 4) is 0 Å². The summed E-state index contributed by atoms with van der Waals surface area (Å²) in [5.41, 5.74) is 0.994. The van der Waals surface area contributed by atoms with Crippen LogP contribution in [0.5, 0.6) is 0 Å². The number of nitrogens with zero attached hydrogens (tertiary/aromatic N) is 1. The first kappa shape index (κ1) is 12.7. The van der Waals surface area contributed by atoms with Crippen molar-refractivity contribution in [2.45, 2.75) is 25.7 Å². The van der Waals surface area contributed by atoms with Crippen LogP contribution in [-0.4, -0.2) is 23.9 Å². The van der Waals surface area contributed by atoms with Crippen molar-refractivity contribution in [3.63, 3.8) is 0 Å². The Balaban J connectivity index is 1.84. The summed E-state index contributed by atoms with van der Waals surface area (Å²) < 4.78 is 0.933. The molecule has 0 amide bonds. The minimum absolute atomic E-state index is 0.318. The van der Waals surface area contributed by atoms with Gasteiger partial charge in [-0.05, 0) is 59.4 Å². The summed E-state index contributed by atoms with van der Waals surface area (Å²) in [4.78, 5) is 16.0. The van der Waals surface area contributed by atoms with Gasteiger partial charge in [0.1, 0.15) is 5.78 Å². The Kier molecular flexibility index (Phi) is 4.68. The first-order valence-corrected chi connectivity index (χ1v) is 6.85. The van der Waals surface area contributed by atoms with Crippen molar-refractivity contribution < 1.29 is 4.79 Å². The highest BCUT2D eigenvalue weighted by Crippen LogP contribution is 2.16. The van der Waals surface area contributed by atoms with Crippen LogP contribution in [0.3, 0.4) is 0 Å². The summed E-state index contributed by atoms with van der Waals surface area (Å²) in [7, 11) is 0. The fourth-order valence-corrected chi connectivity index (χ4v) is 2.68. The molecule has 0 radical (unpaired) electrons. The highest BCUT2D eigenvalue weighted by molar-refractivity contribution is 9.10. The standard InChI is InChI=1S/C13H17BrN2O/c14-12-4-11(8-16-9-12)6-13(17)5-10-2-1-3-15-7-10/h4,8-10,15H,1-3,5-7H2. The highest BCUT2D eigenvalue weighted by Gasteiger charge is 2.16. The van der Waals surface area contributed by atoms with E-state index in [1.165, 1.54) is 12.8 Å². The predicted molar refractivity (Wildman–Crippen MR) is 70.9 cm³/mol. The molecule has 0 saturated carbocycles. The van der Waals surface area contributed by atoms with E-state index in [1.807, 2.05) is 6.07 Å². The smallest absolute Gasteiger partial charge is 0.137 e. The molecule has 1 N–H and O–H groups in total. The lowest BCUT2D eigenvalue weighted by atomic mass is 9.92. The molecule has 0 spiro atoms. The van der Waals surface area contributed by atoms with Gasteiger partial charge in [0.2, 0.25) is 0 Å². The van der Waals surface area contributed by atoms with Crippen LogP contribution in [0.25, 0.3) is 0 Å². The molecule has 1 aliphatic rings. The van der Waals surface area contributed by atoms with Gasteiger partial charge < -0.3 is 5.32 Å². The number of hydrogen-bond donors (Lipinski definition) is 1. The molecule has 3 nitrogen and oxygen atoms in total. The maximum absolute atomic E-state index is 11.9. The minimum Gasteiger partial charge on any atom is -0.316 e. The molecule has 2 heterocycles. The molecule has 2 rings (SSSR count). The molecule has 92 valence electrons. The van der Waals surface area contributed by atoms with Crippen LogP contribution < -0.4 is 5.32 Å². The monoisotopic (exact) mass is 296 g/mol. The van der Waals surface area contributed by atoms with Crippen molar-refractivity contribution >= 4 is 21.7 Å². The van der Waals surface area contributed by atoms with Crippen molar-refractivity contribution in [3.05, 3.63) is 28.5 Å². The van der Waals surface area contributed by atoms with Crippen molar-refractivity contribution in [1.29, 1.82) is 0 Å². The number of halogens is 1. The summed E-state index contributed by atoms with van der Waals surface area (Å²) >= 11 is 3.37. The third-order valence-electron chi connectivity index (χ3n) is 3.08. The number of aromatic nitrogens is 1. The fourth-order valence-electron chi connectivity index (χ4n) is 2.27. The topological polar surface area (TPSA) is 42.0 Å². The van der Waals surface area contributed by atoms with Crippen molar-refractivity contribution in [2.75, 3.05) is 13.1 Å². The zero-order valence-corrected chi connectivity index (χ0v) is 11.4. The molecule has 0 bridgehead atoms. The minimum atomic E-state index is 0.318. The average Bonchev–Trinajstić information content (AvgIpc) is 2.30. The molecule has 0 aliphatic carbocycles. The maximum Gasteiger partial charge on any atom is 0.137 e. The Morgan fingerprint density at radius 1 is 1.53 bits per heavy atom. The predicted octanol–water partition coefficient (Wildman–Crippen LogP) is 2.35. The molecular formula is C13H17BrN2O. The number of hydrogen-bond acceptors (Lipinski definition) is 3. The Bertz CT molecular complexity index is 389. The van der Waals surface area contributed by atoms with Crippen LogP contribution >= 0.6 is 15.9 Å². The Labute approximate surface area is 110 Å². The quantitative estimate of drug-likeness (QED) is 0.927. The van der Waals surface area contributed by atoms with Gasteiger partial charge in [0, 0.05) is 29.7 Å². The molecule has 1 fully saturated rings. The zero-order valence-electron chi connectivity index (χ0n) is 9.79. The zero-order chi connectivity index (χ0) is 12.1. The SMILES string of the molecule is O=C(Cc1cncc(Br)c1)CC1CCCNC1. The van der Waals surface area contributed by atoms with E-state index in [9.17, 15) is 4.79 Å². The van der Waals surface area contributed by atoms with E-state index >= 15 is 0 Å². The number of carbonyl (C=O) groups is 1. The lowest BCUT2D eigenvalue weighted by Gasteiger charge is -2.21. The van der Waals surface area contributed by atoms with Crippen LogP contribution in [-0.2, 0) is 11.2 Å². The van der Waals surface area contributed by atoms with Gasteiger partial charge in [-0.1, -0.05) is 0 Å². The van der Waals surface area contributed by atoms with Gasteiger partial charge in [-0.25, -0.2) is 0 Å². The van der Waals surface area contributed by atoms with Crippen LogP contribution in [0.2, 0.25) is 0 Å². The molecule has 0 aromatic carbocycles. The molecule has 1 aromatic rings. The summed E-state index contributed by atoms with van der Waals surface area (Å²) in [6, 6.07) is 1.96. The molecule has 1 aromatic heterocycles. The Morgan fingerprint density at radius 3 is 3.12 bits per heavy atom. The van der Waals surface area contributed by atoms with Gasteiger partial charge in [0.05, 0.1) is 0 Å².